The lowest BCUT2D eigenvalue weighted by Gasteiger charge is -2.01. The second kappa shape index (κ2) is 4.41. The average molecular weight is 266 g/mol. The van der Waals surface area contributed by atoms with Crippen LogP contribution in [0, 0.1) is 10.1 Å². The minimum atomic E-state index is -0.648. The van der Waals surface area contributed by atoms with Crippen molar-refractivity contribution in [3.63, 3.8) is 0 Å². The highest BCUT2D eigenvalue weighted by molar-refractivity contribution is 7.16. The molecule has 0 aliphatic heterocycles. The number of rotatable bonds is 3. The molecule has 0 atom stereocenters. The summed E-state index contributed by atoms with van der Waals surface area (Å²) in [5.74, 6) is -1.22. The molecule has 2 N–H and O–H groups in total. The molecule has 1 heterocycles. The first-order valence-electron chi connectivity index (χ1n) is 4.66. The molecule has 0 fully saturated rings. The van der Waals surface area contributed by atoms with Crippen molar-refractivity contribution in [1.29, 1.82) is 0 Å². The Morgan fingerprint density at radius 3 is 2.67 bits per heavy atom. The zero-order valence-corrected chi connectivity index (χ0v) is 9.55. The second-order valence-corrected chi connectivity index (χ2v) is 4.30. The summed E-state index contributed by atoms with van der Waals surface area (Å²) in [4.78, 5) is 25.3. The zero-order chi connectivity index (χ0) is 13.3. The van der Waals surface area contributed by atoms with Crippen LogP contribution in [0.2, 0.25) is 0 Å². The lowest BCUT2D eigenvalue weighted by Crippen LogP contribution is -2.00. The van der Waals surface area contributed by atoms with E-state index >= 15 is 0 Å². The number of phenols is 2. The van der Waals surface area contributed by atoms with Gasteiger partial charge < -0.3 is 10.2 Å². The van der Waals surface area contributed by atoms with Crippen molar-refractivity contribution in [3.8, 4) is 11.5 Å². The summed E-state index contributed by atoms with van der Waals surface area (Å²) in [6, 6.07) is 3.46. The van der Waals surface area contributed by atoms with Crippen molar-refractivity contribution >= 4 is 22.1 Å². The van der Waals surface area contributed by atoms with E-state index < -0.39 is 16.5 Å². The van der Waals surface area contributed by atoms with Crippen LogP contribution < -0.4 is 0 Å². The monoisotopic (exact) mass is 266 g/mol. The van der Waals surface area contributed by atoms with Gasteiger partial charge in [-0.25, -0.2) is 4.98 Å². The van der Waals surface area contributed by atoms with Crippen molar-refractivity contribution in [2.45, 2.75) is 0 Å². The first-order chi connectivity index (χ1) is 8.49. The lowest BCUT2D eigenvalue weighted by molar-refractivity contribution is -0.380. The van der Waals surface area contributed by atoms with Crippen LogP contribution in [0.4, 0.5) is 5.00 Å². The number of hydrogen-bond acceptors (Lipinski definition) is 7. The van der Waals surface area contributed by atoms with E-state index in [9.17, 15) is 20.0 Å². The van der Waals surface area contributed by atoms with Crippen LogP contribution in [-0.4, -0.2) is 25.9 Å². The molecule has 0 amide bonds. The van der Waals surface area contributed by atoms with Crippen molar-refractivity contribution in [1.82, 2.24) is 4.98 Å². The third-order valence-corrected chi connectivity index (χ3v) is 3.04. The first-order valence-corrected chi connectivity index (χ1v) is 5.47. The smallest absolute Gasteiger partial charge is 0.344 e. The minimum absolute atomic E-state index is 0.0722. The van der Waals surface area contributed by atoms with Crippen LogP contribution in [-0.2, 0) is 0 Å². The van der Waals surface area contributed by atoms with Gasteiger partial charge in [-0.05, 0) is 23.5 Å². The van der Waals surface area contributed by atoms with Crippen LogP contribution in [0.1, 0.15) is 15.4 Å². The number of nitrogens with zero attached hydrogens (tertiary/aromatic N) is 2. The third kappa shape index (κ3) is 2.13. The molecule has 0 bridgehead atoms. The van der Waals surface area contributed by atoms with Crippen LogP contribution in [0.15, 0.2) is 24.4 Å². The lowest BCUT2D eigenvalue weighted by atomic mass is 10.1. The quantitative estimate of drug-likeness (QED) is 0.496. The summed E-state index contributed by atoms with van der Waals surface area (Å²) in [7, 11) is 0. The first kappa shape index (κ1) is 12.0. The summed E-state index contributed by atoms with van der Waals surface area (Å²) in [5, 5.41) is 28.7. The van der Waals surface area contributed by atoms with Crippen molar-refractivity contribution in [3.05, 3.63) is 45.1 Å². The number of aromatic nitrogens is 1. The Morgan fingerprint density at radius 1 is 1.39 bits per heavy atom. The van der Waals surface area contributed by atoms with Gasteiger partial charge in [-0.2, -0.15) is 0 Å². The van der Waals surface area contributed by atoms with E-state index in [1.165, 1.54) is 12.1 Å². The molecular weight excluding hydrogens is 260 g/mol. The van der Waals surface area contributed by atoms with Crippen molar-refractivity contribution in [2.24, 2.45) is 0 Å². The number of phenolic OH excluding ortho intramolecular Hbond substituents is 2. The largest absolute Gasteiger partial charge is 0.508 e. The van der Waals surface area contributed by atoms with Gasteiger partial charge in [0.25, 0.3) is 0 Å². The topological polar surface area (TPSA) is 114 Å². The Morgan fingerprint density at radius 2 is 2.11 bits per heavy atom. The van der Waals surface area contributed by atoms with E-state index in [2.05, 4.69) is 4.98 Å². The highest BCUT2D eigenvalue weighted by atomic mass is 32.1. The fourth-order valence-electron chi connectivity index (χ4n) is 1.28. The summed E-state index contributed by atoms with van der Waals surface area (Å²) in [5.41, 5.74) is -0.0722. The zero-order valence-electron chi connectivity index (χ0n) is 8.73. The van der Waals surface area contributed by atoms with Crippen LogP contribution in [0.25, 0.3) is 0 Å². The molecule has 0 unspecified atom stereocenters. The predicted molar refractivity (Wildman–Crippen MR) is 62.0 cm³/mol. The molecule has 0 saturated heterocycles. The Balaban J connectivity index is 2.38. The predicted octanol–water partition coefficient (Wildman–Crippen LogP) is 1.69. The fourth-order valence-corrected chi connectivity index (χ4v) is 1.97. The maximum Gasteiger partial charge on any atom is 0.344 e. The highest BCUT2D eigenvalue weighted by Crippen LogP contribution is 2.28. The molecular formula is C10H6N2O5S. The molecule has 0 radical (unpaired) electrons. The number of hydrogen-bond donors (Lipinski definition) is 2. The van der Waals surface area contributed by atoms with Gasteiger partial charge in [0.1, 0.15) is 17.7 Å². The highest BCUT2D eigenvalue weighted by Gasteiger charge is 2.20. The van der Waals surface area contributed by atoms with Gasteiger partial charge in [-0.1, -0.05) is 0 Å². The molecule has 92 valence electrons. The van der Waals surface area contributed by atoms with Gasteiger partial charge in [0.05, 0.1) is 10.5 Å². The van der Waals surface area contributed by atoms with Gasteiger partial charge in [0, 0.05) is 6.07 Å². The average Bonchev–Trinajstić information content (AvgIpc) is 2.77. The van der Waals surface area contributed by atoms with Crippen LogP contribution in [0.5, 0.6) is 11.5 Å². The summed E-state index contributed by atoms with van der Waals surface area (Å²) < 4.78 is 0. The Bertz CT molecular complexity index is 637. The van der Waals surface area contributed by atoms with Gasteiger partial charge in [-0.3, -0.25) is 14.9 Å². The minimum Gasteiger partial charge on any atom is -0.508 e. The third-order valence-electron chi connectivity index (χ3n) is 2.09. The van der Waals surface area contributed by atoms with Crippen LogP contribution >= 0.6 is 11.3 Å². The van der Waals surface area contributed by atoms with Gasteiger partial charge >= 0.3 is 5.00 Å². The molecule has 1 aromatic heterocycles. The van der Waals surface area contributed by atoms with E-state index in [0.717, 1.165) is 12.3 Å². The van der Waals surface area contributed by atoms with Gasteiger partial charge in [0.2, 0.25) is 5.78 Å². The number of nitro groups is 1. The number of benzene rings is 1. The molecule has 0 aliphatic carbocycles. The van der Waals surface area contributed by atoms with E-state index in [-0.39, 0.29) is 21.3 Å². The number of carbonyl (C=O) groups excluding carboxylic acids is 1. The van der Waals surface area contributed by atoms with Crippen LogP contribution in [0.3, 0.4) is 0 Å². The normalized spacial score (nSPS) is 10.2. The molecule has 0 aliphatic rings. The second-order valence-electron chi connectivity index (χ2n) is 3.29. The Hall–Kier alpha value is -2.48. The maximum atomic E-state index is 11.9. The molecule has 0 spiro atoms. The number of carbonyl (C=O) groups is 1. The molecule has 0 saturated carbocycles. The fraction of sp³-hybridized carbons (Fsp3) is 0. The SMILES string of the molecule is O=C(c1ncc([N+](=O)[O-])s1)c1ccc(O)cc1O. The van der Waals surface area contributed by atoms with E-state index in [0.29, 0.717) is 11.3 Å². The summed E-state index contributed by atoms with van der Waals surface area (Å²) in [6.07, 6.45) is 0.982. The Labute approximate surface area is 104 Å². The molecule has 2 rings (SSSR count). The van der Waals surface area contributed by atoms with E-state index in [1.807, 2.05) is 0 Å². The molecule has 18 heavy (non-hydrogen) atoms. The van der Waals surface area contributed by atoms with E-state index in [4.69, 9.17) is 5.11 Å². The molecule has 8 heteroatoms. The summed E-state index contributed by atoms with van der Waals surface area (Å²) in [6.45, 7) is 0. The molecule has 2 aromatic rings. The molecule has 7 nitrogen and oxygen atoms in total. The number of thiazole rings is 1. The maximum absolute atomic E-state index is 11.9. The van der Waals surface area contributed by atoms with Crippen molar-refractivity contribution in [2.75, 3.05) is 0 Å². The van der Waals surface area contributed by atoms with Crippen molar-refractivity contribution < 1.29 is 19.9 Å². The van der Waals surface area contributed by atoms with Gasteiger partial charge in [0.15, 0.2) is 5.01 Å². The Kier molecular flexibility index (Phi) is 2.94. The number of ketones is 1. The summed E-state index contributed by atoms with van der Waals surface area (Å²) >= 11 is 0.623. The molecule has 1 aromatic carbocycles. The van der Waals surface area contributed by atoms with E-state index in [1.54, 1.807) is 0 Å². The standard InChI is InChI=1S/C10H6N2O5S/c13-5-1-2-6(7(14)3-5)9(15)10-11-4-8(18-10)12(16)17/h1-4,13-14H. The number of aromatic hydroxyl groups is 2. The van der Waals surface area contributed by atoms with Gasteiger partial charge in [-0.15, -0.1) is 0 Å².